The lowest BCUT2D eigenvalue weighted by Gasteiger charge is -2.15. The van der Waals surface area contributed by atoms with Gasteiger partial charge in [-0.15, -0.1) is 13.2 Å². The van der Waals surface area contributed by atoms with Gasteiger partial charge in [0, 0.05) is 18.0 Å². The SMILES string of the molecule is O=C(NCc1ccccc1OC(F)(F)F)C1CC2CC2C1. The second kappa shape index (κ2) is 5.24. The van der Waals surface area contributed by atoms with Crippen LogP contribution in [0.25, 0.3) is 0 Å². The lowest BCUT2D eigenvalue weighted by Crippen LogP contribution is -2.30. The first-order valence-corrected chi connectivity index (χ1v) is 7.04. The molecule has 2 fully saturated rings. The van der Waals surface area contributed by atoms with Gasteiger partial charge in [0.2, 0.25) is 5.91 Å². The maximum Gasteiger partial charge on any atom is 0.573 e. The number of benzene rings is 1. The van der Waals surface area contributed by atoms with Gasteiger partial charge in [-0.25, -0.2) is 0 Å². The van der Waals surface area contributed by atoms with Crippen molar-refractivity contribution >= 4 is 5.91 Å². The van der Waals surface area contributed by atoms with Crippen LogP contribution in [0, 0.1) is 17.8 Å². The second-order valence-electron chi connectivity index (χ2n) is 5.80. The van der Waals surface area contributed by atoms with Crippen LogP contribution in [0.4, 0.5) is 13.2 Å². The van der Waals surface area contributed by atoms with E-state index in [0.717, 1.165) is 12.8 Å². The molecule has 114 valence electrons. The van der Waals surface area contributed by atoms with Gasteiger partial charge in [-0.1, -0.05) is 18.2 Å². The Morgan fingerprint density at radius 2 is 1.86 bits per heavy atom. The number of nitrogens with one attached hydrogen (secondary N) is 1. The Morgan fingerprint density at radius 3 is 2.52 bits per heavy atom. The quantitative estimate of drug-likeness (QED) is 0.927. The minimum absolute atomic E-state index is 0.0180. The number of hydrogen-bond donors (Lipinski definition) is 1. The molecule has 3 nitrogen and oxygen atoms in total. The molecule has 0 aliphatic heterocycles. The molecule has 2 atom stereocenters. The summed E-state index contributed by atoms with van der Waals surface area (Å²) in [5.74, 6) is 1.08. The molecular weight excluding hydrogens is 283 g/mol. The fraction of sp³-hybridized carbons (Fsp3) is 0.533. The second-order valence-corrected chi connectivity index (χ2v) is 5.80. The summed E-state index contributed by atoms with van der Waals surface area (Å²) < 4.78 is 40.9. The largest absolute Gasteiger partial charge is 0.573 e. The maximum atomic E-state index is 12.3. The van der Waals surface area contributed by atoms with E-state index in [1.54, 1.807) is 6.07 Å². The molecule has 2 aliphatic carbocycles. The van der Waals surface area contributed by atoms with E-state index in [9.17, 15) is 18.0 Å². The highest BCUT2D eigenvalue weighted by Gasteiger charge is 2.47. The van der Waals surface area contributed by atoms with Crippen molar-refractivity contribution in [2.24, 2.45) is 17.8 Å². The van der Waals surface area contributed by atoms with E-state index < -0.39 is 6.36 Å². The Labute approximate surface area is 120 Å². The lowest BCUT2D eigenvalue weighted by atomic mass is 10.0. The monoisotopic (exact) mass is 299 g/mol. The molecule has 0 radical (unpaired) electrons. The Bertz CT molecular complexity index is 534. The standard InChI is InChI=1S/C15H16F3NO2/c16-15(17,18)21-13-4-2-1-3-9(13)8-19-14(20)12-6-10-5-11(10)7-12/h1-4,10-12H,5-8H2,(H,19,20). The number of alkyl halides is 3. The first kappa shape index (κ1) is 14.2. The van der Waals surface area contributed by atoms with Crippen molar-refractivity contribution in [3.8, 4) is 5.75 Å². The minimum Gasteiger partial charge on any atom is -0.405 e. The van der Waals surface area contributed by atoms with Gasteiger partial charge in [0.1, 0.15) is 5.75 Å². The Balaban J connectivity index is 1.58. The summed E-state index contributed by atoms with van der Waals surface area (Å²) in [5.41, 5.74) is 0.325. The molecule has 2 unspecified atom stereocenters. The fourth-order valence-electron chi connectivity index (χ4n) is 3.13. The van der Waals surface area contributed by atoms with Gasteiger partial charge in [0.15, 0.2) is 0 Å². The van der Waals surface area contributed by atoms with Crippen LogP contribution in [0.1, 0.15) is 24.8 Å². The van der Waals surface area contributed by atoms with Crippen molar-refractivity contribution in [1.82, 2.24) is 5.32 Å². The molecule has 2 aliphatic rings. The summed E-state index contributed by atoms with van der Waals surface area (Å²) in [7, 11) is 0. The van der Waals surface area contributed by atoms with Crippen LogP contribution in [0.15, 0.2) is 24.3 Å². The molecule has 0 aromatic heterocycles. The number of rotatable bonds is 4. The topological polar surface area (TPSA) is 38.3 Å². The molecule has 0 saturated heterocycles. The highest BCUT2D eigenvalue weighted by molar-refractivity contribution is 5.79. The smallest absolute Gasteiger partial charge is 0.405 e. The van der Waals surface area contributed by atoms with Crippen molar-refractivity contribution in [2.75, 3.05) is 0 Å². The third kappa shape index (κ3) is 3.49. The van der Waals surface area contributed by atoms with Crippen molar-refractivity contribution in [1.29, 1.82) is 0 Å². The zero-order valence-electron chi connectivity index (χ0n) is 11.3. The van der Waals surface area contributed by atoms with Crippen molar-refractivity contribution in [3.63, 3.8) is 0 Å². The first-order chi connectivity index (χ1) is 9.92. The van der Waals surface area contributed by atoms with Crippen LogP contribution in [0.3, 0.4) is 0 Å². The molecule has 0 bridgehead atoms. The van der Waals surface area contributed by atoms with Crippen LogP contribution in [0.2, 0.25) is 0 Å². The Hall–Kier alpha value is -1.72. The van der Waals surface area contributed by atoms with Crippen LogP contribution >= 0.6 is 0 Å². The van der Waals surface area contributed by atoms with Gasteiger partial charge in [-0.2, -0.15) is 0 Å². The molecule has 1 N–H and O–H groups in total. The Kier molecular flexibility index (Phi) is 3.55. The molecule has 6 heteroatoms. The van der Waals surface area contributed by atoms with E-state index in [4.69, 9.17) is 0 Å². The number of amides is 1. The lowest BCUT2D eigenvalue weighted by molar-refractivity contribution is -0.274. The van der Waals surface area contributed by atoms with E-state index in [2.05, 4.69) is 10.1 Å². The first-order valence-electron chi connectivity index (χ1n) is 7.04. The van der Waals surface area contributed by atoms with E-state index in [1.165, 1.54) is 24.6 Å². The summed E-state index contributed by atoms with van der Waals surface area (Å²) in [6, 6.07) is 5.86. The van der Waals surface area contributed by atoms with Crippen molar-refractivity contribution in [3.05, 3.63) is 29.8 Å². The van der Waals surface area contributed by atoms with Crippen LogP contribution in [-0.2, 0) is 11.3 Å². The van der Waals surface area contributed by atoms with Gasteiger partial charge in [0.25, 0.3) is 0 Å². The summed E-state index contributed by atoms with van der Waals surface area (Å²) in [4.78, 5) is 12.0. The van der Waals surface area contributed by atoms with Crippen LogP contribution in [-0.4, -0.2) is 12.3 Å². The van der Waals surface area contributed by atoms with Crippen LogP contribution in [0.5, 0.6) is 5.75 Å². The number of fused-ring (bicyclic) bond motifs is 1. The normalized spacial score (nSPS) is 27.1. The molecule has 1 amide bonds. The molecule has 0 heterocycles. The predicted molar refractivity (Wildman–Crippen MR) is 69.3 cm³/mol. The van der Waals surface area contributed by atoms with Crippen molar-refractivity contribution < 1.29 is 22.7 Å². The van der Waals surface area contributed by atoms with E-state index in [1.807, 2.05) is 0 Å². The molecule has 3 rings (SSSR count). The molecule has 2 saturated carbocycles. The van der Waals surface area contributed by atoms with Gasteiger partial charge in [0.05, 0.1) is 0 Å². The van der Waals surface area contributed by atoms with Gasteiger partial charge in [-0.3, -0.25) is 4.79 Å². The number of carbonyl (C=O) groups is 1. The van der Waals surface area contributed by atoms with Gasteiger partial charge >= 0.3 is 6.36 Å². The third-order valence-corrected chi connectivity index (χ3v) is 4.27. The third-order valence-electron chi connectivity index (χ3n) is 4.27. The zero-order valence-corrected chi connectivity index (χ0v) is 11.3. The summed E-state index contributed by atoms with van der Waals surface area (Å²) in [5, 5.41) is 2.72. The number of halogens is 3. The average molecular weight is 299 g/mol. The molecular formula is C15H16F3NO2. The minimum atomic E-state index is -4.73. The predicted octanol–water partition coefficient (Wildman–Crippen LogP) is 3.25. The molecule has 0 spiro atoms. The fourth-order valence-corrected chi connectivity index (χ4v) is 3.13. The molecule has 1 aromatic rings. The zero-order chi connectivity index (χ0) is 15.0. The number of carbonyl (C=O) groups excluding carboxylic acids is 1. The number of para-hydroxylation sites is 1. The number of ether oxygens (including phenoxy) is 1. The molecule has 21 heavy (non-hydrogen) atoms. The highest BCUT2D eigenvalue weighted by Crippen LogP contribution is 2.54. The van der Waals surface area contributed by atoms with Gasteiger partial charge < -0.3 is 10.1 Å². The Morgan fingerprint density at radius 1 is 1.19 bits per heavy atom. The summed E-state index contributed by atoms with van der Waals surface area (Å²) >= 11 is 0. The average Bonchev–Trinajstić information content (AvgIpc) is 3.02. The van der Waals surface area contributed by atoms with Crippen LogP contribution < -0.4 is 10.1 Å². The maximum absolute atomic E-state index is 12.3. The molecule has 1 aromatic carbocycles. The van der Waals surface area contributed by atoms with E-state index >= 15 is 0 Å². The number of hydrogen-bond acceptors (Lipinski definition) is 2. The van der Waals surface area contributed by atoms with E-state index in [0.29, 0.717) is 17.4 Å². The van der Waals surface area contributed by atoms with Gasteiger partial charge in [-0.05, 0) is 37.2 Å². The summed E-state index contributed by atoms with van der Waals surface area (Å²) in [6.07, 6.45) is -1.67. The van der Waals surface area contributed by atoms with E-state index in [-0.39, 0.29) is 24.1 Å². The van der Waals surface area contributed by atoms with Crippen molar-refractivity contribution in [2.45, 2.75) is 32.2 Å². The highest BCUT2D eigenvalue weighted by atomic mass is 19.4. The summed E-state index contributed by atoms with van der Waals surface area (Å²) in [6.45, 7) is 0.0525.